The Labute approximate surface area is 140 Å². The second-order valence-electron chi connectivity index (χ2n) is 5.57. The van der Waals surface area contributed by atoms with Crippen LogP contribution in [0.1, 0.15) is 44.3 Å². The highest BCUT2D eigenvalue weighted by molar-refractivity contribution is 6.34. The second-order valence-corrected chi connectivity index (χ2v) is 5.98. The Morgan fingerprint density at radius 1 is 1.35 bits per heavy atom. The fourth-order valence-electron chi connectivity index (χ4n) is 2.58. The van der Waals surface area contributed by atoms with Gasteiger partial charge in [-0.3, -0.25) is 4.79 Å². The first-order chi connectivity index (χ1) is 11.0. The predicted octanol–water partition coefficient (Wildman–Crippen LogP) is 3.45. The minimum absolute atomic E-state index is 0.108. The Morgan fingerprint density at radius 3 is 2.74 bits per heavy atom. The molecule has 1 aliphatic rings. The molecule has 6 heteroatoms. The summed E-state index contributed by atoms with van der Waals surface area (Å²) in [5.74, 6) is -1.54. The van der Waals surface area contributed by atoms with Gasteiger partial charge in [0.25, 0.3) is 0 Å². The van der Waals surface area contributed by atoms with Crippen molar-refractivity contribution in [3.05, 3.63) is 34.9 Å². The molecule has 0 aromatic heterocycles. The van der Waals surface area contributed by atoms with Crippen molar-refractivity contribution >= 4 is 23.4 Å². The van der Waals surface area contributed by atoms with E-state index in [0.29, 0.717) is 10.6 Å². The normalized spacial score (nSPS) is 22.4. The van der Waals surface area contributed by atoms with Crippen molar-refractivity contribution in [3.63, 3.8) is 0 Å². The van der Waals surface area contributed by atoms with Gasteiger partial charge >= 0.3 is 5.97 Å². The first-order valence-corrected chi connectivity index (χ1v) is 8.05. The smallest absolute Gasteiger partial charge is 0.374 e. The summed E-state index contributed by atoms with van der Waals surface area (Å²) in [6, 6.07) is 7.11. The molecule has 5 nitrogen and oxygen atoms in total. The number of hydrogen-bond donors (Lipinski definition) is 0. The summed E-state index contributed by atoms with van der Waals surface area (Å²) >= 11 is 6.21. The zero-order chi connectivity index (χ0) is 16.8. The van der Waals surface area contributed by atoms with Gasteiger partial charge in [-0.05, 0) is 37.8 Å². The third-order valence-electron chi connectivity index (χ3n) is 3.79. The Balaban J connectivity index is 2.15. The molecule has 2 rings (SSSR count). The number of Topliss-reactive ketones (excluding diaryl/α,β-unsaturated/α-hetero) is 1. The van der Waals surface area contributed by atoms with Crippen LogP contribution in [0.2, 0.25) is 5.02 Å². The first kappa shape index (κ1) is 17.9. The van der Waals surface area contributed by atoms with E-state index in [9.17, 15) is 9.59 Å². The molecule has 0 radical (unpaired) electrons. The molecule has 0 aliphatic carbocycles. The number of benzene rings is 1. The van der Waals surface area contributed by atoms with Crippen LogP contribution in [0.4, 0.5) is 0 Å². The van der Waals surface area contributed by atoms with Crippen molar-refractivity contribution in [3.8, 4) is 0 Å². The molecule has 1 fully saturated rings. The van der Waals surface area contributed by atoms with E-state index >= 15 is 0 Å². The quantitative estimate of drug-likeness (QED) is 0.586. The van der Waals surface area contributed by atoms with Crippen molar-refractivity contribution in [2.45, 2.75) is 51.1 Å². The fourth-order valence-corrected chi connectivity index (χ4v) is 2.84. The summed E-state index contributed by atoms with van der Waals surface area (Å²) in [6.45, 7) is 1.99. The number of hydrogen-bond acceptors (Lipinski definition) is 5. The number of carbonyl (C=O) groups excluding carboxylic acids is 2. The zero-order valence-electron chi connectivity index (χ0n) is 13.3. The average Bonchev–Trinajstić information content (AvgIpc) is 2.54. The van der Waals surface area contributed by atoms with E-state index in [4.69, 9.17) is 21.1 Å². The minimum atomic E-state index is -0.886. The lowest BCUT2D eigenvalue weighted by molar-refractivity contribution is -0.213. The van der Waals surface area contributed by atoms with E-state index in [2.05, 4.69) is 4.74 Å². The third kappa shape index (κ3) is 5.03. The van der Waals surface area contributed by atoms with Crippen molar-refractivity contribution < 1.29 is 23.8 Å². The monoisotopic (exact) mass is 340 g/mol. The summed E-state index contributed by atoms with van der Waals surface area (Å²) in [5, 5.41) is 0.485. The van der Waals surface area contributed by atoms with Gasteiger partial charge in [0.1, 0.15) is 0 Å². The molecule has 0 bridgehead atoms. The van der Waals surface area contributed by atoms with Gasteiger partial charge in [0.05, 0.1) is 19.3 Å². The van der Waals surface area contributed by atoms with Gasteiger partial charge in [0.2, 0.25) is 5.78 Å². The molecule has 0 saturated carbocycles. The van der Waals surface area contributed by atoms with Gasteiger partial charge in [-0.15, -0.1) is 0 Å². The van der Waals surface area contributed by atoms with Crippen molar-refractivity contribution in [2.75, 3.05) is 7.11 Å². The lowest BCUT2D eigenvalue weighted by Gasteiger charge is -2.31. The molecule has 1 aromatic rings. The minimum Gasteiger partial charge on any atom is -0.463 e. The highest BCUT2D eigenvalue weighted by Gasteiger charge is 2.29. The van der Waals surface area contributed by atoms with Gasteiger partial charge in [-0.2, -0.15) is 0 Å². The van der Waals surface area contributed by atoms with Crippen LogP contribution in [0.3, 0.4) is 0 Å². The Kier molecular flexibility index (Phi) is 6.57. The lowest BCUT2D eigenvalue weighted by atomic mass is 10.0. The third-order valence-corrected chi connectivity index (χ3v) is 4.13. The van der Waals surface area contributed by atoms with Crippen LogP contribution < -0.4 is 0 Å². The first-order valence-electron chi connectivity index (χ1n) is 7.67. The summed E-state index contributed by atoms with van der Waals surface area (Å²) in [6.07, 6.45) is 1.64. The van der Waals surface area contributed by atoms with Gasteiger partial charge in [0.15, 0.2) is 6.29 Å². The van der Waals surface area contributed by atoms with Crippen LogP contribution in [0, 0.1) is 0 Å². The Bertz CT molecular complexity index is 560. The predicted molar refractivity (Wildman–Crippen MR) is 85.1 cm³/mol. The number of ether oxygens (including phenoxy) is 3. The number of esters is 1. The van der Waals surface area contributed by atoms with E-state index in [-0.39, 0.29) is 12.5 Å². The highest BCUT2D eigenvalue weighted by Crippen LogP contribution is 2.32. The summed E-state index contributed by atoms with van der Waals surface area (Å²) in [7, 11) is 1.18. The maximum Gasteiger partial charge on any atom is 0.374 e. The van der Waals surface area contributed by atoms with E-state index in [1.165, 1.54) is 7.11 Å². The van der Waals surface area contributed by atoms with Crippen LogP contribution in [0.15, 0.2) is 24.3 Å². The van der Waals surface area contributed by atoms with Crippen LogP contribution in [-0.4, -0.2) is 31.3 Å². The van der Waals surface area contributed by atoms with Crippen molar-refractivity contribution in [2.24, 2.45) is 0 Å². The molecule has 1 heterocycles. The topological polar surface area (TPSA) is 61.8 Å². The van der Waals surface area contributed by atoms with Crippen LogP contribution in [0.5, 0.6) is 0 Å². The van der Waals surface area contributed by atoms with Gasteiger partial charge in [-0.25, -0.2) is 4.79 Å². The molecule has 3 atom stereocenters. The largest absolute Gasteiger partial charge is 0.463 e. The van der Waals surface area contributed by atoms with E-state index in [1.807, 2.05) is 13.0 Å². The van der Waals surface area contributed by atoms with E-state index in [1.54, 1.807) is 18.2 Å². The molecule has 0 N–H and O–H groups in total. The summed E-state index contributed by atoms with van der Waals surface area (Å²) < 4.78 is 16.2. The second kappa shape index (κ2) is 8.43. The Morgan fingerprint density at radius 2 is 2.09 bits per heavy atom. The molecule has 0 amide bonds. The number of carbonyl (C=O) groups is 2. The highest BCUT2D eigenvalue weighted by atomic mass is 35.5. The maximum atomic E-state index is 11.9. The van der Waals surface area contributed by atoms with Crippen molar-refractivity contribution in [1.82, 2.24) is 0 Å². The number of halogens is 1. The maximum absolute atomic E-state index is 11.9. The molecule has 1 aromatic carbocycles. The standard InChI is InChI=1S/C17H21ClO5/c1-11-6-5-9-16(22-11)23-15(10-14(19)17(20)21-2)12-7-3-4-8-13(12)18/h3-4,7-8,11,15-16H,5-6,9-10H2,1-2H3/t11-,15-,16+/m0/s1. The molecular formula is C17H21ClO5. The zero-order valence-corrected chi connectivity index (χ0v) is 14.0. The van der Waals surface area contributed by atoms with Crippen LogP contribution >= 0.6 is 11.6 Å². The number of rotatable bonds is 6. The molecule has 1 saturated heterocycles. The van der Waals surface area contributed by atoms with Crippen molar-refractivity contribution in [1.29, 1.82) is 0 Å². The SMILES string of the molecule is COC(=O)C(=O)C[C@H](O[C@@H]1CCC[C@H](C)O1)c1ccccc1Cl. The summed E-state index contributed by atoms with van der Waals surface area (Å²) in [4.78, 5) is 23.4. The molecule has 0 spiro atoms. The lowest BCUT2D eigenvalue weighted by Crippen LogP contribution is -2.30. The summed E-state index contributed by atoms with van der Waals surface area (Å²) in [5.41, 5.74) is 0.660. The van der Waals surface area contributed by atoms with Gasteiger partial charge in [-0.1, -0.05) is 29.8 Å². The average molecular weight is 341 g/mol. The molecule has 1 aliphatic heterocycles. The molecule has 0 unspecified atom stereocenters. The number of ketones is 1. The Hall–Kier alpha value is -1.43. The number of methoxy groups -OCH3 is 1. The molecular weight excluding hydrogens is 320 g/mol. The van der Waals surface area contributed by atoms with E-state index in [0.717, 1.165) is 19.3 Å². The van der Waals surface area contributed by atoms with Gasteiger partial charge < -0.3 is 14.2 Å². The fraction of sp³-hybridized carbons (Fsp3) is 0.529. The van der Waals surface area contributed by atoms with Crippen LogP contribution in [-0.2, 0) is 23.8 Å². The molecule has 126 valence electrons. The van der Waals surface area contributed by atoms with Crippen LogP contribution in [0.25, 0.3) is 0 Å². The van der Waals surface area contributed by atoms with Gasteiger partial charge in [0, 0.05) is 11.4 Å². The van der Waals surface area contributed by atoms with E-state index < -0.39 is 24.1 Å². The molecule has 23 heavy (non-hydrogen) atoms.